The first kappa shape index (κ1) is 18.8. The van der Waals surface area contributed by atoms with E-state index in [2.05, 4.69) is 15.2 Å². The van der Waals surface area contributed by atoms with Gasteiger partial charge in [-0.2, -0.15) is 0 Å². The maximum absolute atomic E-state index is 12.8. The molecule has 3 aromatic rings. The number of benzene rings is 1. The Kier molecular flexibility index (Phi) is 5.09. The smallest absolute Gasteiger partial charge is 0.270 e. The average Bonchev–Trinajstić information content (AvgIpc) is 3.29. The van der Waals surface area contributed by atoms with Crippen LogP contribution in [0.5, 0.6) is 0 Å². The van der Waals surface area contributed by atoms with Gasteiger partial charge in [-0.05, 0) is 18.2 Å². The summed E-state index contributed by atoms with van der Waals surface area (Å²) in [7, 11) is 0. The molecule has 4 rings (SSSR count). The van der Waals surface area contributed by atoms with E-state index in [0.717, 1.165) is 0 Å². The molecule has 0 bridgehead atoms. The van der Waals surface area contributed by atoms with Gasteiger partial charge in [-0.1, -0.05) is 11.6 Å². The highest BCUT2D eigenvalue weighted by Gasteiger charge is 2.25. The van der Waals surface area contributed by atoms with Gasteiger partial charge in [-0.15, -0.1) is 10.2 Å². The van der Waals surface area contributed by atoms with Gasteiger partial charge in [0.2, 0.25) is 0 Å². The predicted molar refractivity (Wildman–Crippen MR) is 105 cm³/mol. The highest BCUT2D eigenvalue weighted by Crippen LogP contribution is 2.24. The van der Waals surface area contributed by atoms with E-state index in [4.69, 9.17) is 11.6 Å². The predicted octanol–water partition coefficient (Wildman–Crippen LogP) is 2.19. The molecule has 1 aromatic carbocycles. The van der Waals surface area contributed by atoms with E-state index in [1.807, 2.05) is 17.0 Å². The molecule has 0 unspecified atom stereocenters. The monoisotopic (exact) mass is 413 g/mol. The fraction of sp³-hybridized carbons (Fsp3) is 0.222. The number of rotatable bonds is 4. The normalized spacial score (nSPS) is 14.1. The molecule has 29 heavy (non-hydrogen) atoms. The van der Waals surface area contributed by atoms with Gasteiger partial charge in [0.15, 0.2) is 11.6 Å². The second-order valence-electron chi connectivity index (χ2n) is 6.42. The number of imidazole rings is 1. The fourth-order valence-corrected chi connectivity index (χ4v) is 3.32. The van der Waals surface area contributed by atoms with Crippen LogP contribution >= 0.6 is 11.6 Å². The SMILES string of the molecule is O=C(c1cc([N+](=O)[O-])ccc1Cl)N1CCN(c2ccc(-n3ccnc3)nn2)CC1. The number of piperazine rings is 1. The zero-order valence-corrected chi connectivity index (χ0v) is 15.9. The molecule has 1 fully saturated rings. The second-order valence-corrected chi connectivity index (χ2v) is 6.83. The fourth-order valence-electron chi connectivity index (χ4n) is 3.12. The lowest BCUT2D eigenvalue weighted by Gasteiger charge is -2.35. The molecule has 148 valence electrons. The van der Waals surface area contributed by atoms with Crippen molar-refractivity contribution in [1.29, 1.82) is 0 Å². The zero-order chi connectivity index (χ0) is 20.4. The number of aromatic nitrogens is 4. The third kappa shape index (κ3) is 3.87. The number of carbonyl (C=O) groups excluding carboxylic acids is 1. The van der Waals surface area contributed by atoms with Crippen molar-refractivity contribution >= 4 is 29.0 Å². The van der Waals surface area contributed by atoms with Crippen molar-refractivity contribution in [2.45, 2.75) is 0 Å². The lowest BCUT2D eigenvalue weighted by Crippen LogP contribution is -2.49. The van der Waals surface area contributed by atoms with Gasteiger partial charge in [0.05, 0.1) is 15.5 Å². The van der Waals surface area contributed by atoms with E-state index in [-0.39, 0.29) is 22.2 Å². The van der Waals surface area contributed by atoms with Crippen molar-refractivity contribution in [3.05, 3.63) is 69.8 Å². The molecule has 0 spiro atoms. The van der Waals surface area contributed by atoms with E-state index in [9.17, 15) is 14.9 Å². The molecule has 1 aliphatic heterocycles. The number of amides is 1. The summed E-state index contributed by atoms with van der Waals surface area (Å²) in [5, 5.41) is 19.6. The van der Waals surface area contributed by atoms with E-state index in [1.165, 1.54) is 18.2 Å². The summed E-state index contributed by atoms with van der Waals surface area (Å²) in [5.41, 5.74) is -0.0246. The molecule has 2 aromatic heterocycles. The number of non-ortho nitro benzene ring substituents is 1. The number of hydrogen-bond acceptors (Lipinski definition) is 7. The highest BCUT2D eigenvalue weighted by atomic mass is 35.5. The lowest BCUT2D eigenvalue weighted by atomic mass is 10.1. The summed E-state index contributed by atoms with van der Waals surface area (Å²) in [6, 6.07) is 7.60. The van der Waals surface area contributed by atoms with E-state index in [1.54, 1.807) is 28.2 Å². The van der Waals surface area contributed by atoms with Crippen LogP contribution in [0.1, 0.15) is 10.4 Å². The number of hydrogen-bond donors (Lipinski definition) is 0. The van der Waals surface area contributed by atoms with Crippen molar-refractivity contribution in [3.63, 3.8) is 0 Å². The van der Waals surface area contributed by atoms with Crippen molar-refractivity contribution in [3.8, 4) is 5.82 Å². The van der Waals surface area contributed by atoms with Crippen molar-refractivity contribution in [2.75, 3.05) is 31.1 Å². The molecule has 0 N–H and O–H groups in total. The van der Waals surface area contributed by atoms with Crippen molar-refractivity contribution < 1.29 is 9.72 Å². The Hall–Kier alpha value is -3.53. The van der Waals surface area contributed by atoms with Crippen LogP contribution in [0.25, 0.3) is 5.82 Å². The Morgan fingerprint density at radius 1 is 1.07 bits per heavy atom. The molecule has 0 saturated carbocycles. The van der Waals surface area contributed by atoms with Crippen LogP contribution in [0.4, 0.5) is 11.5 Å². The number of nitro groups is 1. The van der Waals surface area contributed by atoms with Crippen LogP contribution in [0.15, 0.2) is 49.1 Å². The molecule has 1 amide bonds. The van der Waals surface area contributed by atoms with Gasteiger partial charge in [0.25, 0.3) is 11.6 Å². The Morgan fingerprint density at radius 2 is 1.79 bits per heavy atom. The summed E-state index contributed by atoms with van der Waals surface area (Å²) in [6.45, 7) is 2.03. The molecule has 10 nitrogen and oxygen atoms in total. The third-order valence-electron chi connectivity index (χ3n) is 4.69. The minimum atomic E-state index is -0.544. The number of nitrogens with zero attached hydrogens (tertiary/aromatic N) is 7. The summed E-state index contributed by atoms with van der Waals surface area (Å²) >= 11 is 6.09. The molecule has 1 aliphatic rings. The van der Waals surface area contributed by atoms with Crippen LogP contribution in [0.3, 0.4) is 0 Å². The molecule has 0 radical (unpaired) electrons. The van der Waals surface area contributed by atoms with Gasteiger partial charge in [0.1, 0.15) is 6.33 Å². The third-order valence-corrected chi connectivity index (χ3v) is 5.02. The minimum absolute atomic E-state index is 0.138. The summed E-state index contributed by atoms with van der Waals surface area (Å²) < 4.78 is 1.76. The highest BCUT2D eigenvalue weighted by molar-refractivity contribution is 6.33. The lowest BCUT2D eigenvalue weighted by molar-refractivity contribution is -0.384. The Labute approximate surface area is 170 Å². The molecule has 0 aliphatic carbocycles. The number of carbonyl (C=O) groups is 1. The zero-order valence-electron chi connectivity index (χ0n) is 15.2. The van der Waals surface area contributed by atoms with Gasteiger partial charge in [0, 0.05) is 50.7 Å². The summed E-state index contributed by atoms with van der Waals surface area (Å²) in [5.74, 6) is 1.06. The first-order valence-electron chi connectivity index (χ1n) is 8.83. The van der Waals surface area contributed by atoms with Crippen molar-refractivity contribution in [1.82, 2.24) is 24.6 Å². The molecular weight excluding hydrogens is 398 g/mol. The average molecular weight is 414 g/mol. The quantitative estimate of drug-likeness (QED) is 0.476. The maximum Gasteiger partial charge on any atom is 0.270 e. The van der Waals surface area contributed by atoms with Gasteiger partial charge in [-0.25, -0.2) is 4.98 Å². The van der Waals surface area contributed by atoms with E-state index >= 15 is 0 Å². The van der Waals surface area contributed by atoms with Crippen LogP contribution in [0.2, 0.25) is 5.02 Å². The first-order chi connectivity index (χ1) is 14.0. The van der Waals surface area contributed by atoms with E-state index < -0.39 is 4.92 Å². The van der Waals surface area contributed by atoms with Gasteiger partial charge >= 0.3 is 0 Å². The van der Waals surface area contributed by atoms with Crippen LogP contribution in [-0.2, 0) is 0 Å². The number of nitro benzene ring substituents is 1. The first-order valence-corrected chi connectivity index (χ1v) is 9.21. The van der Waals surface area contributed by atoms with Crippen molar-refractivity contribution in [2.24, 2.45) is 0 Å². The van der Waals surface area contributed by atoms with E-state index in [0.29, 0.717) is 37.8 Å². The van der Waals surface area contributed by atoms with Crippen LogP contribution in [0, 0.1) is 10.1 Å². The molecule has 3 heterocycles. The molecular formula is C18H16ClN7O3. The second kappa shape index (κ2) is 7.84. The topological polar surface area (TPSA) is 110 Å². The van der Waals surface area contributed by atoms with Crippen LogP contribution in [-0.4, -0.2) is 61.7 Å². The minimum Gasteiger partial charge on any atom is -0.352 e. The standard InChI is InChI=1S/C18H16ClN7O3/c19-15-2-1-13(26(28)29)11-14(15)18(27)24-9-7-23(8-10-24)16-3-4-17(22-21-16)25-6-5-20-12-25/h1-6,11-12H,7-10H2. The maximum atomic E-state index is 12.8. The van der Waals surface area contributed by atoms with Crippen LogP contribution < -0.4 is 4.90 Å². The Bertz CT molecular complexity index is 1030. The van der Waals surface area contributed by atoms with Gasteiger partial charge in [-0.3, -0.25) is 19.5 Å². The summed E-state index contributed by atoms with van der Waals surface area (Å²) in [6.07, 6.45) is 5.10. The summed E-state index contributed by atoms with van der Waals surface area (Å²) in [4.78, 5) is 30.9. The molecule has 0 atom stereocenters. The Balaban J connectivity index is 1.42. The molecule has 1 saturated heterocycles. The number of halogens is 1. The number of anilines is 1. The van der Waals surface area contributed by atoms with Gasteiger partial charge < -0.3 is 9.80 Å². The molecule has 11 heteroatoms. The Morgan fingerprint density at radius 3 is 2.41 bits per heavy atom. The largest absolute Gasteiger partial charge is 0.352 e.